The first-order valence-electron chi connectivity index (χ1n) is 8.51. The number of ether oxygens (including phenoxy) is 1. The van der Waals surface area contributed by atoms with Gasteiger partial charge in [0.1, 0.15) is 0 Å². The molecule has 23 heavy (non-hydrogen) atoms. The zero-order chi connectivity index (χ0) is 16.5. The number of carbonyl (C=O) groups excluding carboxylic acids is 1. The van der Waals surface area contributed by atoms with Gasteiger partial charge in [0.05, 0.1) is 11.8 Å². The standard InChI is InChI=1S/C17H28N4O2/c1-3-18-15-7-4-8-19-16(15)17(22)20-9-5-10-21-11-6-12-23-14(2)13-21/h4,7-8,14,18H,3,5-6,9-13H2,1-2H3,(H,20,22). The second-order valence-electron chi connectivity index (χ2n) is 5.87. The van der Waals surface area contributed by atoms with Crippen LogP contribution in [-0.4, -0.2) is 61.2 Å². The molecule has 2 rings (SSSR count). The van der Waals surface area contributed by atoms with Gasteiger partial charge in [0.25, 0.3) is 5.91 Å². The Morgan fingerprint density at radius 2 is 2.39 bits per heavy atom. The minimum Gasteiger partial charge on any atom is -0.383 e. The molecule has 1 aromatic rings. The third kappa shape index (κ3) is 5.80. The Bertz CT molecular complexity index is 495. The van der Waals surface area contributed by atoms with Gasteiger partial charge < -0.3 is 20.3 Å². The van der Waals surface area contributed by atoms with Crippen molar-refractivity contribution in [3.63, 3.8) is 0 Å². The Morgan fingerprint density at radius 3 is 3.22 bits per heavy atom. The van der Waals surface area contributed by atoms with E-state index in [1.165, 1.54) is 0 Å². The van der Waals surface area contributed by atoms with E-state index in [9.17, 15) is 4.79 Å². The monoisotopic (exact) mass is 320 g/mol. The van der Waals surface area contributed by atoms with Gasteiger partial charge >= 0.3 is 0 Å². The van der Waals surface area contributed by atoms with E-state index in [1.54, 1.807) is 6.20 Å². The molecule has 2 heterocycles. The third-order valence-electron chi connectivity index (χ3n) is 3.86. The summed E-state index contributed by atoms with van der Waals surface area (Å²) in [5, 5.41) is 6.13. The number of pyridine rings is 1. The Labute approximate surface area is 138 Å². The molecule has 0 radical (unpaired) electrons. The highest BCUT2D eigenvalue weighted by atomic mass is 16.5. The summed E-state index contributed by atoms with van der Waals surface area (Å²) >= 11 is 0. The van der Waals surface area contributed by atoms with Crippen LogP contribution in [0.15, 0.2) is 18.3 Å². The van der Waals surface area contributed by atoms with Crippen LogP contribution in [0.3, 0.4) is 0 Å². The summed E-state index contributed by atoms with van der Waals surface area (Å²) in [6.45, 7) is 9.41. The largest absolute Gasteiger partial charge is 0.383 e. The van der Waals surface area contributed by atoms with Gasteiger partial charge in [0.2, 0.25) is 0 Å². The fourth-order valence-electron chi connectivity index (χ4n) is 2.79. The zero-order valence-electron chi connectivity index (χ0n) is 14.2. The number of anilines is 1. The lowest BCUT2D eigenvalue weighted by molar-refractivity contribution is 0.0675. The molecule has 0 aromatic carbocycles. The van der Waals surface area contributed by atoms with Crippen molar-refractivity contribution in [3.05, 3.63) is 24.0 Å². The fraction of sp³-hybridized carbons (Fsp3) is 0.647. The van der Waals surface area contributed by atoms with Crippen molar-refractivity contribution in [3.8, 4) is 0 Å². The summed E-state index contributed by atoms with van der Waals surface area (Å²) in [4.78, 5) is 18.8. The highest BCUT2D eigenvalue weighted by molar-refractivity contribution is 5.97. The molecular formula is C17H28N4O2. The topological polar surface area (TPSA) is 66.5 Å². The first-order chi connectivity index (χ1) is 11.2. The number of nitrogens with one attached hydrogen (secondary N) is 2. The minimum absolute atomic E-state index is 0.117. The molecule has 0 saturated carbocycles. The van der Waals surface area contributed by atoms with E-state index in [0.717, 1.165) is 51.3 Å². The summed E-state index contributed by atoms with van der Waals surface area (Å²) in [7, 11) is 0. The second-order valence-corrected chi connectivity index (χ2v) is 5.87. The van der Waals surface area contributed by atoms with Crippen LogP contribution in [0.25, 0.3) is 0 Å². The molecule has 1 aliphatic rings. The SMILES string of the molecule is CCNc1cccnc1C(=O)NCCCN1CCCOC(C)C1. The van der Waals surface area contributed by atoms with Gasteiger partial charge in [-0.2, -0.15) is 0 Å². The Morgan fingerprint density at radius 1 is 1.52 bits per heavy atom. The molecule has 6 heteroatoms. The average molecular weight is 320 g/mol. The predicted octanol–water partition coefficient (Wildman–Crippen LogP) is 1.74. The molecule has 1 amide bonds. The number of nitrogens with zero attached hydrogens (tertiary/aromatic N) is 2. The van der Waals surface area contributed by atoms with Crippen LogP contribution in [0.2, 0.25) is 0 Å². The molecule has 1 fully saturated rings. The van der Waals surface area contributed by atoms with Crippen LogP contribution in [-0.2, 0) is 4.74 Å². The quantitative estimate of drug-likeness (QED) is 0.749. The second kappa shape index (κ2) is 9.47. The van der Waals surface area contributed by atoms with Crippen molar-refractivity contribution < 1.29 is 9.53 Å². The Hall–Kier alpha value is -1.66. The van der Waals surface area contributed by atoms with Crippen LogP contribution in [0, 0.1) is 0 Å². The maximum Gasteiger partial charge on any atom is 0.272 e. The van der Waals surface area contributed by atoms with Gasteiger partial charge in [-0.3, -0.25) is 4.79 Å². The fourth-order valence-corrected chi connectivity index (χ4v) is 2.79. The molecule has 1 saturated heterocycles. The van der Waals surface area contributed by atoms with E-state index >= 15 is 0 Å². The van der Waals surface area contributed by atoms with Crippen molar-refractivity contribution in [1.29, 1.82) is 0 Å². The number of aromatic nitrogens is 1. The minimum atomic E-state index is -0.117. The van der Waals surface area contributed by atoms with E-state index < -0.39 is 0 Å². The van der Waals surface area contributed by atoms with Gasteiger partial charge in [0.15, 0.2) is 5.69 Å². The normalized spacial score (nSPS) is 19.1. The number of rotatable bonds is 7. The van der Waals surface area contributed by atoms with Gasteiger partial charge in [-0.1, -0.05) is 0 Å². The number of hydrogen-bond donors (Lipinski definition) is 2. The number of hydrogen-bond acceptors (Lipinski definition) is 5. The van der Waals surface area contributed by atoms with Gasteiger partial charge in [-0.25, -0.2) is 4.98 Å². The summed E-state index contributed by atoms with van der Waals surface area (Å²) in [6.07, 6.45) is 3.95. The molecule has 1 atom stereocenters. The van der Waals surface area contributed by atoms with Crippen molar-refractivity contribution in [2.24, 2.45) is 0 Å². The molecule has 0 spiro atoms. The van der Waals surface area contributed by atoms with Gasteiger partial charge in [-0.05, 0) is 45.4 Å². The molecule has 1 aliphatic heterocycles. The van der Waals surface area contributed by atoms with Crippen LogP contribution in [0.4, 0.5) is 5.69 Å². The highest BCUT2D eigenvalue weighted by Crippen LogP contribution is 2.11. The summed E-state index contributed by atoms with van der Waals surface area (Å²) in [5.74, 6) is -0.117. The lowest BCUT2D eigenvalue weighted by Crippen LogP contribution is -2.34. The van der Waals surface area contributed by atoms with Crippen LogP contribution in [0.1, 0.15) is 37.2 Å². The van der Waals surface area contributed by atoms with Gasteiger partial charge in [-0.15, -0.1) is 0 Å². The van der Waals surface area contributed by atoms with E-state index in [4.69, 9.17) is 4.74 Å². The number of carbonyl (C=O) groups is 1. The van der Waals surface area contributed by atoms with E-state index in [2.05, 4.69) is 27.4 Å². The summed E-state index contributed by atoms with van der Waals surface area (Å²) < 4.78 is 5.64. The molecule has 2 N–H and O–H groups in total. The molecular weight excluding hydrogens is 292 g/mol. The summed E-state index contributed by atoms with van der Waals surface area (Å²) in [5.41, 5.74) is 1.25. The van der Waals surface area contributed by atoms with Crippen molar-refractivity contribution in [2.45, 2.75) is 32.8 Å². The van der Waals surface area contributed by atoms with Crippen molar-refractivity contribution in [2.75, 3.05) is 44.6 Å². The van der Waals surface area contributed by atoms with Gasteiger partial charge in [0, 0.05) is 39.0 Å². The molecule has 6 nitrogen and oxygen atoms in total. The first-order valence-corrected chi connectivity index (χ1v) is 8.51. The van der Waals surface area contributed by atoms with Crippen LogP contribution in [0.5, 0.6) is 0 Å². The van der Waals surface area contributed by atoms with Crippen LogP contribution >= 0.6 is 0 Å². The average Bonchev–Trinajstić information content (AvgIpc) is 2.76. The van der Waals surface area contributed by atoms with E-state index in [0.29, 0.717) is 18.3 Å². The lowest BCUT2D eigenvalue weighted by atomic mass is 10.2. The van der Waals surface area contributed by atoms with E-state index in [-0.39, 0.29) is 5.91 Å². The lowest BCUT2D eigenvalue weighted by Gasteiger charge is -2.21. The maximum absolute atomic E-state index is 12.3. The highest BCUT2D eigenvalue weighted by Gasteiger charge is 2.15. The van der Waals surface area contributed by atoms with Crippen molar-refractivity contribution >= 4 is 11.6 Å². The Kier molecular flexibility index (Phi) is 7.29. The molecule has 1 aromatic heterocycles. The first kappa shape index (κ1) is 17.7. The van der Waals surface area contributed by atoms with Crippen LogP contribution < -0.4 is 10.6 Å². The maximum atomic E-state index is 12.3. The summed E-state index contributed by atoms with van der Waals surface area (Å²) in [6, 6.07) is 3.71. The molecule has 128 valence electrons. The molecule has 0 aliphatic carbocycles. The third-order valence-corrected chi connectivity index (χ3v) is 3.86. The molecule has 1 unspecified atom stereocenters. The molecule has 0 bridgehead atoms. The van der Waals surface area contributed by atoms with E-state index in [1.807, 2.05) is 19.1 Å². The smallest absolute Gasteiger partial charge is 0.272 e. The van der Waals surface area contributed by atoms with Crippen molar-refractivity contribution in [1.82, 2.24) is 15.2 Å². The predicted molar refractivity (Wildman–Crippen MR) is 91.8 cm³/mol. The number of amides is 1. The Balaban J connectivity index is 1.74. The zero-order valence-corrected chi connectivity index (χ0v) is 14.2.